The van der Waals surface area contributed by atoms with Crippen LogP contribution in [-0.4, -0.2) is 69.6 Å². The van der Waals surface area contributed by atoms with Crippen molar-refractivity contribution < 1.29 is 24.2 Å². The molecule has 0 aromatic heterocycles. The van der Waals surface area contributed by atoms with Gasteiger partial charge in [0.2, 0.25) is 17.7 Å². The molecule has 4 rings (SSSR count). The lowest BCUT2D eigenvalue weighted by atomic mass is 9.66. The van der Waals surface area contributed by atoms with Crippen LogP contribution < -0.4 is 15.4 Å². The number of amides is 3. The number of nitrogens with zero attached hydrogens (tertiary/aromatic N) is 1. The van der Waals surface area contributed by atoms with E-state index in [-0.39, 0.29) is 41.4 Å². The molecular formula is C29H43N3O5S. The number of fused-ring (bicyclic) bond motifs is 1. The molecular weight excluding hydrogens is 502 g/mol. The van der Waals surface area contributed by atoms with Gasteiger partial charge in [-0.05, 0) is 55.9 Å². The van der Waals surface area contributed by atoms with E-state index in [1.54, 1.807) is 28.8 Å². The molecule has 3 aliphatic rings. The maximum absolute atomic E-state index is 14.3. The zero-order valence-electron chi connectivity index (χ0n) is 23.2. The number of carbonyl (C=O) groups excluding carboxylic acids is 3. The molecule has 3 unspecified atom stereocenters. The van der Waals surface area contributed by atoms with Crippen LogP contribution in [0.25, 0.3) is 0 Å². The summed E-state index contributed by atoms with van der Waals surface area (Å²) >= 11 is 1.66. The van der Waals surface area contributed by atoms with Crippen LogP contribution in [0.2, 0.25) is 0 Å². The summed E-state index contributed by atoms with van der Waals surface area (Å²) in [5.74, 6) is -0.839. The standard InChI is InChI=1S/C29H43N3O5S/c1-6-9-14-30-27(35)25-29-18(5)15-22(38-29)23(24(29)28(36)32(25)21(16-33)17(4)7-2)26(34)31-19-10-12-20(13-11-19)37-8-3/h10-13,17-18,21-25,33H,6-9,14-16H2,1-5H3,(H,30,35)(H,31,34)/t17-,18?,21-,22-,23+,24-,25?,29?/m0/s1. The molecule has 2 bridgehead atoms. The van der Waals surface area contributed by atoms with Crippen molar-refractivity contribution in [1.29, 1.82) is 0 Å². The predicted molar refractivity (Wildman–Crippen MR) is 150 cm³/mol. The highest BCUT2D eigenvalue weighted by molar-refractivity contribution is 8.02. The first-order chi connectivity index (χ1) is 18.2. The van der Waals surface area contributed by atoms with E-state index in [9.17, 15) is 19.5 Å². The Hall–Kier alpha value is -2.26. The lowest BCUT2D eigenvalue weighted by Crippen LogP contribution is -2.59. The predicted octanol–water partition coefficient (Wildman–Crippen LogP) is 3.68. The van der Waals surface area contributed by atoms with Crippen molar-refractivity contribution in [3.63, 3.8) is 0 Å². The van der Waals surface area contributed by atoms with Gasteiger partial charge < -0.3 is 25.4 Å². The Morgan fingerprint density at radius 2 is 1.92 bits per heavy atom. The SMILES string of the molecule is CCCCNC(=O)C1N([C@@H](CO)[C@@H](C)CC)C(=O)[C@@H]2[C@H](C(=O)Nc3ccc(OCC)cc3)[C@@H]3CC(C)C12S3. The lowest BCUT2D eigenvalue weighted by molar-refractivity contribution is -0.143. The van der Waals surface area contributed by atoms with Crippen molar-refractivity contribution in [2.75, 3.05) is 25.1 Å². The summed E-state index contributed by atoms with van der Waals surface area (Å²) in [5, 5.41) is 16.5. The first-order valence-electron chi connectivity index (χ1n) is 14.2. The topological polar surface area (TPSA) is 108 Å². The van der Waals surface area contributed by atoms with Crippen LogP contribution in [0.15, 0.2) is 24.3 Å². The number of ether oxygens (including phenoxy) is 1. The normalized spacial score (nSPS) is 31.2. The van der Waals surface area contributed by atoms with Crippen molar-refractivity contribution in [2.24, 2.45) is 23.7 Å². The molecule has 3 amide bonds. The fourth-order valence-electron chi connectivity index (χ4n) is 6.74. The van der Waals surface area contributed by atoms with E-state index < -0.39 is 28.7 Å². The number of carbonyl (C=O) groups is 3. The zero-order chi connectivity index (χ0) is 27.6. The Morgan fingerprint density at radius 1 is 1.21 bits per heavy atom. The smallest absolute Gasteiger partial charge is 0.244 e. The van der Waals surface area contributed by atoms with E-state index in [1.807, 2.05) is 32.9 Å². The number of aliphatic hydroxyl groups is 1. The molecule has 1 spiro atoms. The van der Waals surface area contributed by atoms with E-state index >= 15 is 0 Å². The van der Waals surface area contributed by atoms with Gasteiger partial charge in [0, 0.05) is 17.5 Å². The summed E-state index contributed by atoms with van der Waals surface area (Å²) in [6.45, 7) is 11.0. The van der Waals surface area contributed by atoms with E-state index in [1.165, 1.54) is 0 Å². The van der Waals surface area contributed by atoms with Gasteiger partial charge in [0.25, 0.3) is 0 Å². The number of hydrogen-bond acceptors (Lipinski definition) is 6. The van der Waals surface area contributed by atoms with E-state index in [4.69, 9.17) is 4.74 Å². The van der Waals surface area contributed by atoms with Gasteiger partial charge in [0.15, 0.2) is 0 Å². The second-order valence-electron chi connectivity index (χ2n) is 11.0. The highest BCUT2D eigenvalue weighted by atomic mass is 32.2. The Balaban J connectivity index is 1.68. The number of thioether (sulfide) groups is 1. The fourth-order valence-corrected chi connectivity index (χ4v) is 9.15. The van der Waals surface area contributed by atoms with Crippen molar-refractivity contribution in [1.82, 2.24) is 10.2 Å². The van der Waals surface area contributed by atoms with Crippen LogP contribution in [0.3, 0.4) is 0 Å². The van der Waals surface area contributed by atoms with Gasteiger partial charge in [0.1, 0.15) is 11.8 Å². The van der Waals surface area contributed by atoms with Crippen LogP contribution >= 0.6 is 11.8 Å². The summed E-state index contributed by atoms with van der Waals surface area (Å²) in [4.78, 5) is 43.5. The highest BCUT2D eigenvalue weighted by Crippen LogP contribution is 2.69. The maximum Gasteiger partial charge on any atom is 0.244 e. The minimum atomic E-state index is -0.712. The quantitative estimate of drug-likeness (QED) is 0.346. The van der Waals surface area contributed by atoms with Gasteiger partial charge in [-0.3, -0.25) is 14.4 Å². The molecule has 8 nitrogen and oxygen atoms in total. The summed E-state index contributed by atoms with van der Waals surface area (Å²) < 4.78 is 4.81. The molecule has 210 valence electrons. The number of unbranched alkanes of at least 4 members (excludes halogenated alkanes) is 1. The minimum absolute atomic E-state index is 0.0127. The van der Waals surface area contributed by atoms with Crippen molar-refractivity contribution in [3.05, 3.63) is 24.3 Å². The number of anilines is 1. The molecule has 3 aliphatic heterocycles. The maximum atomic E-state index is 14.3. The van der Waals surface area contributed by atoms with Crippen molar-refractivity contribution in [2.45, 2.75) is 82.4 Å². The zero-order valence-corrected chi connectivity index (χ0v) is 24.1. The van der Waals surface area contributed by atoms with Crippen LogP contribution in [0.5, 0.6) is 5.75 Å². The highest BCUT2D eigenvalue weighted by Gasteiger charge is 2.76. The number of likely N-dealkylation sites (tertiary alicyclic amines) is 1. The van der Waals surface area contributed by atoms with Crippen LogP contribution in [0.1, 0.15) is 60.3 Å². The molecule has 3 fully saturated rings. The summed E-state index contributed by atoms with van der Waals surface area (Å²) in [6.07, 6.45) is 3.35. The largest absolute Gasteiger partial charge is 0.494 e. The average molecular weight is 546 g/mol. The van der Waals surface area contributed by atoms with Crippen LogP contribution in [0, 0.1) is 23.7 Å². The summed E-state index contributed by atoms with van der Waals surface area (Å²) in [6, 6.07) is 6.05. The molecule has 0 saturated carbocycles. The number of nitrogens with one attached hydrogen (secondary N) is 2. The van der Waals surface area contributed by atoms with Crippen molar-refractivity contribution in [3.8, 4) is 5.75 Å². The van der Waals surface area contributed by atoms with Crippen LogP contribution in [-0.2, 0) is 14.4 Å². The van der Waals surface area contributed by atoms with Gasteiger partial charge in [-0.1, -0.05) is 40.5 Å². The van der Waals surface area contributed by atoms with E-state index in [0.29, 0.717) is 18.8 Å². The lowest BCUT2D eigenvalue weighted by Gasteiger charge is -2.41. The van der Waals surface area contributed by atoms with E-state index in [2.05, 4.69) is 24.5 Å². The number of hydrogen-bond donors (Lipinski definition) is 3. The molecule has 1 aromatic rings. The minimum Gasteiger partial charge on any atom is -0.494 e. The third kappa shape index (κ3) is 4.81. The number of benzene rings is 1. The van der Waals surface area contributed by atoms with Gasteiger partial charge in [-0.2, -0.15) is 0 Å². The third-order valence-electron chi connectivity index (χ3n) is 8.84. The Labute approximate surface area is 230 Å². The van der Waals surface area contributed by atoms with Gasteiger partial charge in [-0.25, -0.2) is 0 Å². The van der Waals surface area contributed by atoms with Crippen LogP contribution in [0.4, 0.5) is 5.69 Å². The molecule has 8 atom stereocenters. The average Bonchev–Trinajstić information content (AvgIpc) is 3.49. The Bertz CT molecular complexity index is 1020. The van der Waals surface area contributed by atoms with Gasteiger partial charge in [-0.15, -0.1) is 11.8 Å². The summed E-state index contributed by atoms with van der Waals surface area (Å²) in [5.41, 5.74) is 0.650. The van der Waals surface area contributed by atoms with Gasteiger partial charge >= 0.3 is 0 Å². The second kappa shape index (κ2) is 11.9. The molecule has 38 heavy (non-hydrogen) atoms. The first kappa shape index (κ1) is 28.7. The van der Waals surface area contributed by atoms with Gasteiger partial charge in [0.05, 0.1) is 35.8 Å². The molecule has 0 aliphatic carbocycles. The molecule has 3 heterocycles. The molecule has 3 N–H and O–H groups in total. The molecule has 9 heteroatoms. The first-order valence-corrected chi connectivity index (χ1v) is 15.0. The summed E-state index contributed by atoms with van der Waals surface area (Å²) in [7, 11) is 0. The molecule has 0 radical (unpaired) electrons. The molecule has 1 aromatic carbocycles. The monoisotopic (exact) mass is 545 g/mol. The number of rotatable bonds is 12. The Morgan fingerprint density at radius 3 is 2.53 bits per heavy atom. The number of aliphatic hydroxyl groups excluding tert-OH is 1. The second-order valence-corrected chi connectivity index (χ2v) is 12.6. The third-order valence-corrected chi connectivity index (χ3v) is 10.9. The molecule has 3 saturated heterocycles. The fraction of sp³-hybridized carbons (Fsp3) is 0.690. The Kier molecular flexibility index (Phi) is 8.97. The van der Waals surface area contributed by atoms with Crippen molar-refractivity contribution >= 4 is 35.2 Å². The van der Waals surface area contributed by atoms with E-state index in [0.717, 1.165) is 31.4 Å².